The van der Waals surface area contributed by atoms with Crippen LogP contribution in [0.4, 0.5) is 0 Å². The molecule has 2 N–H and O–H groups in total. The number of nitrogens with zero attached hydrogens (tertiary/aromatic N) is 2. The molecular formula is C12H11N3O2. The van der Waals surface area contributed by atoms with Crippen molar-refractivity contribution < 1.29 is 9.90 Å². The summed E-state index contributed by atoms with van der Waals surface area (Å²) in [4.78, 5) is 19.2. The number of aromatic hydroxyl groups is 1. The highest BCUT2D eigenvalue weighted by atomic mass is 16.3. The van der Waals surface area contributed by atoms with E-state index in [0.29, 0.717) is 11.1 Å². The molecule has 86 valence electrons. The van der Waals surface area contributed by atoms with Crippen molar-refractivity contribution in [2.45, 2.75) is 6.54 Å². The van der Waals surface area contributed by atoms with Crippen LogP contribution in [0.2, 0.25) is 0 Å². The summed E-state index contributed by atoms with van der Waals surface area (Å²) in [7, 11) is 0. The summed E-state index contributed by atoms with van der Waals surface area (Å²) >= 11 is 0. The summed E-state index contributed by atoms with van der Waals surface area (Å²) in [6, 6.07) is 6.85. The number of phenolic OH excluding ortho intramolecular Hbond substituents is 1. The van der Waals surface area contributed by atoms with Crippen molar-refractivity contribution in [3.05, 3.63) is 54.1 Å². The van der Waals surface area contributed by atoms with E-state index in [-0.39, 0.29) is 18.2 Å². The summed E-state index contributed by atoms with van der Waals surface area (Å²) < 4.78 is 0. The van der Waals surface area contributed by atoms with E-state index in [0.717, 1.165) is 0 Å². The van der Waals surface area contributed by atoms with Crippen LogP contribution in [0.5, 0.6) is 5.75 Å². The molecule has 0 unspecified atom stereocenters. The molecule has 1 aromatic carbocycles. The molecule has 0 saturated carbocycles. The molecule has 0 fully saturated rings. The van der Waals surface area contributed by atoms with E-state index in [9.17, 15) is 9.90 Å². The second-order valence-electron chi connectivity index (χ2n) is 3.44. The molecule has 2 aromatic rings. The van der Waals surface area contributed by atoms with Crippen LogP contribution in [0.3, 0.4) is 0 Å². The van der Waals surface area contributed by atoms with Crippen molar-refractivity contribution in [3.8, 4) is 5.75 Å². The molecule has 1 amide bonds. The fourth-order valence-corrected chi connectivity index (χ4v) is 1.35. The van der Waals surface area contributed by atoms with Gasteiger partial charge in [0.15, 0.2) is 0 Å². The summed E-state index contributed by atoms with van der Waals surface area (Å²) in [5, 5.41) is 12.2. The van der Waals surface area contributed by atoms with Crippen LogP contribution in [-0.4, -0.2) is 21.0 Å². The van der Waals surface area contributed by atoms with Crippen LogP contribution in [0.1, 0.15) is 15.9 Å². The standard InChI is InChI=1S/C12H11N3O2/c16-11-4-2-1-3-9(11)7-15-12(17)10-5-13-8-14-6-10/h1-6,8,16H,7H2,(H,15,17). The van der Waals surface area contributed by atoms with Crippen LogP contribution in [0, 0.1) is 0 Å². The lowest BCUT2D eigenvalue weighted by molar-refractivity contribution is 0.0950. The SMILES string of the molecule is O=C(NCc1ccccc1O)c1cncnc1. The third kappa shape index (κ3) is 2.78. The molecule has 2 rings (SSSR count). The molecule has 0 bridgehead atoms. The van der Waals surface area contributed by atoms with Crippen LogP contribution in [0.15, 0.2) is 43.0 Å². The van der Waals surface area contributed by atoms with Gasteiger partial charge in [-0.1, -0.05) is 18.2 Å². The first-order chi connectivity index (χ1) is 8.27. The molecule has 17 heavy (non-hydrogen) atoms. The average Bonchev–Trinajstić information content (AvgIpc) is 2.38. The minimum Gasteiger partial charge on any atom is -0.508 e. The number of para-hydroxylation sites is 1. The van der Waals surface area contributed by atoms with Gasteiger partial charge in [0.2, 0.25) is 0 Å². The monoisotopic (exact) mass is 229 g/mol. The fraction of sp³-hybridized carbons (Fsp3) is 0.0833. The quantitative estimate of drug-likeness (QED) is 0.826. The number of rotatable bonds is 3. The Kier molecular flexibility index (Phi) is 3.30. The zero-order valence-corrected chi connectivity index (χ0v) is 9.00. The van der Waals surface area contributed by atoms with Gasteiger partial charge in [0.25, 0.3) is 5.91 Å². The second-order valence-corrected chi connectivity index (χ2v) is 3.44. The average molecular weight is 229 g/mol. The summed E-state index contributed by atoms with van der Waals surface area (Å²) in [5.41, 5.74) is 1.06. The lowest BCUT2D eigenvalue weighted by Crippen LogP contribution is -2.23. The van der Waals surface area contributed by atoms with Gasteiger partial charge in [-0.25, -0.2) is 9.97 Å². The molecule has 0 aliphatic rings. The third-order valence-electron chi connectivity index (χ3n) is 2.25. The smallest absolute Gasteiger partial charge is 0.254 e. The van der Waals surface area contributed by atoms with E-state index in [2.05, 4.69) is 15.3 Å². The number of carbonyl (C=O) groups excluding carboxylic acids is 1. The molecule has 0 aliphatic carbocycles. The highest BCUT2D eigenvalue weighted by Crippen LogP contribution is 2.14. The Morgan fingerprint density at radius 2 is 1.94 bits per heavy atom. The van der Waals surface area contributed by atoms with Crippen molar-refractivity contribution in [2.24, 2.45) is 0 Å². The lowest BCUT2D eigenvalue weighted by atomic mass is 10.2. The van der Waals surface area contributed by atoms with Crippen LogP contribution >= 0.6 is 0 Å². The summed E-state index contributed by atoms with van der Waals surface area (Å²) in [6.07, 6.45) is 4.24. The van der Waals surface area contributed by atoms with E-state index in [1.165, 1.54) is 18.7 Å². The Labute approximate surface area is 98.2 Å². The summed E-state index contributed by atoms with van der Waals surface area (Å²) in [6.45, 7) is 0.264. The third-order valence-corrected chi connectivity index (χ3v) is 2.25. The van der Waals surface area contributed by atoms with Gasteiger partial charge in [0, 0.05) is 24.5 Å². The number of benzene rings is 1. The summed E-state index contributed by atoms with van der Waals surface area (Å²) in [5.74, 6) is -0.106. The van der Waals surface area contributed by atoms with Gasteiger partial charge in [-0.3, -0.25) is 4.79 Å². The van der Waals surface area contributed by atoms with Crippen molar-refractivity contribution >= 4 is 5.91 Å². The molecule has 1 heterocycles. The number of carbonyl (C=O) groups is 1. The number of hydrogen-bond acceptors (Lipinski definition) is 4. The Hall–Kier alpha value is -2.43. The van der Waals surface area contributed by atoms with Crippen LogP contribution < -0.4 is 5.32 Å². The van der Waals surface area contributed by atoms with Crippen LogP contribution in [-0.2, 0) is 6.54 Å². The lowest BCUT2D eigenvalue weighted by Gasteiger charge is -2.06. The molecule has 0 saturated heterocycles. The van der Waals surface area contributed by atoms with Gasteiger partial charge in [-0.05, 0) is 6.07 Å². The molecule has 5 nitrogen and oxygen atoms in total. The Morgan fingerprint density at radius 1 is 1.24 bits per heavy atom. The number of aromatic nitrogens is 2. The number of phenols is 1. The zero-order chi connectivity index (χ0) is 12.1. The van der Waals surface area contributed by atoms with Crippen molar-refractivity contribution in [3.63, 3.8) is 0 Å². The van der Waals surface area contributed by atoms with E-state index in [1.54, 1.807) is 24.3 Å². The maximum Gasteiger partial charge on any atom is 0.254 e. The molecule has 0 spiro atoms. The topological polar surface area (TPSA) is 75.1 Å². The first-order valence-corrected chi connectivity index (χ1v) is 5.07. The van der Waals surface area contributed by atoms with Gasteiger partial charge in [0.05, 0.1) is 5.56 Å². The van der Waals surface area contributed by atoms with Crippen molar-refractivity contribution in [2.75, 3.05) is 0 Å². The maximum atomic E-state index is 11.7. The molecular weight excluding hydrogens is 218 g/mol. The molecule has 0 atom stereocenters. The first-order valence-electron chi connectivity index (χ1n) is 5.07. The van der Waals surface area contributed by atoms with Gasteiger partial charge in [-0.2, -0.15) is 0 Å². The fourth-order valence-electron chi connectivity index (χ4n) is 1.35. The van der Waals surface area contributed by atoms with Gasteiger partial charge in [0.1, 0.15) is 12.1 Å². The highest BCUT2D eigenvalue weighted by Gasteiger charge is 2.06. The van der Waals surface area contributed by atoms with E-state index >= 15 is 0 Å². The largest absolute Gasteiger partial charge is 0.508 e. The normalized spacial score (nSPS) is 9.88. The molecule has 1 aromatic heterocycles. The van der Waals surface area contributed by atoms with E-state index in [4.69, 9.17) is 0 Å². The minimum absolute atomic E-state index is 0.164. The molecule has 0 radical (unpaired) electrons. The Bertz CT molecular complexity index is 514. The van der Waals surface area contributed by atoms with Crippen molar-refractivity contribution in [1.82, 2.24) is 15.3 Å². The number of amides is 1. The first kappa shape index (κ1) is 11.1. The zero-order valence-electron chi connectivity index (χ0n) is 9.00. The minimum atomic E-state index is -0.270. The van der Waals surface area contributed by atoms with E-state index < -0.39 is 0 Å². The number of hydrogen-bond donors (Lipinski definition) is 2. The number of nitrogens with one attached hydrogen (secondary N) is 1. The molecule has 5 heteroatoms. The van der Waals surface area contributed by atoms with Crippen molar-refractivity contribution in [1.29, 1.82) is 0 Å². The van der Waals surface area contributed by atoms with Gasteiger partial charge >= 0.3 is 0 Å². The predicted molar refractivity (Wildman–Crippen MR) is 61.3 cm³/mol. The maximum absolute atomic E-state index is 11.7. The van der Waals surface area contributed by atoms with Crippen LogP contribution in [0.25, 0.3) is 0 Å². The molecule has 0 aliphatic heterocycles. The Morgan fingerprint density at radius 3 is 2.65 bits per heavy atom. The second kappa shape index (κ2) is 5.07. The van der Waals surface area contributed by atoms with Gasteiger partial charge < -0.3 is 10.4 Å². The van der Waals surface area contributed by atoms with E-state index in [1.807, 2.05) is 0 Å². The van der Waals surface area contributed by atoms with Gasteiger partial charge in [-0.15, -0.1) is 0 Å². The predicted octanol–water partition coefficient (Wildman–Crippen LogP) is 1.11. The Balaban J connectivity index is 2.00. The highest BCUT2D eigenvalue weighted by molar-refractivity contribution is 5.93.